The number of carbonyl (C=O) groups is 1. The Labute approximate surface area is 195 Å². The van der Waals surface area contributed by atoms with Crippen LogP contribution in [0.1, 0.15) is 50.4 Å². The van der Waals surface area contributed by atoms with Gasteiger partial charge in [0.2, 0.25) is 15.9 Å². The van der Waals surface area contributed by atoms with Gasteiger partial charge in [0.05, 0.1) is 15.9 Å². The van der Waals surface area contributed by atoms with Gasteiger partial charge in [-0.3, -0.25) is 4.79 Å². The smallest absolute Gasteiger partial charge is 0.243 e. The number of aromatic nitrogens is 2. The van der Waals surface area contributed by atoms with Crippen LogP contribution >= 0.6 is 0 Å². The lowest BCUT2D eigenvalue weighted by atomic mass is 10.2. The van der Waals surface area contributed by atoms with Crippen molar-refractivity contribution in [2.75, 3.05) is 18.4 Å². The minimum absolute atomic E-state index is 0.0630. The standard InChI is InChI=1S/C25H32N4O3S/c1-3-4-16-29-23-11-10-21(33(31,32)28-14-5-6-15-28)18-22(23)27-24(29)12-13-25(30)26-20-9-7-8-19(2)17-20/h7-11,17-18H,3-6,12-16H2,1-2H3,(H,26,30). The molecule has 2 heterocycles. The van der Waals surface area contributed by atoms with Crippen LogP contribution in [0.25, 0.3) is 11.0 Å². The molecule has 2 aromatic carbocycles. The van der Waals surface area contributed by atoms with E-state index in [1.54, 1.807) is 16.4 Å². The number of nitrogens with zero attached hydrogens (tertiary/aromatic N) is 3. The maximum Gasteiger partial charge on any atom is 0.243 e. The van der Waals surface area contributed by atoms with Crippen LogP contribution in [0.5, 0.6) is 0 Å². The zero-order valence-corrected chi connectivity index (χ0v) is 20.2. The molecule has 0 atom stereocenters. The normalized spacial score (nSPS) is 14.7. The Morgan fingerprint density at radius 1 is 1.12 bits per heavy atom. The van der Waals surface area contributed by atoms with Crippen molar-refractivity contribution >= 4 is 32.7 Å². The van der Waals surface area contributed by atoms with Crippen molar-refractivity contribution in [2.45, 2.75) is 63.8 Å². The summed E-state index contributed by atoms with van der Waals surface area (Å²) >= 11 is 0. The molecule has 0 unspecified atom stereocenters. The van der Waals surface area contributed by atoms with E-state index in [1.165, 1.54) is 0 Å². The first-order valence-electron chi connectivity index (χ1n) is 11.7. The molecule has 1 aromatic heterocycles. The van der Waals surface area contributed by atoms with E-state index in [4.69, 9.17) is 4.98 Å². The number of aryl methyl sites for hydroxylation is 3. The Balaban J connectivity index is 1.56. The van der Waals surface area contributed by atoms with Gasteiger partial charge in [0, 0.05) is 38.2 Å². The largest absolute Gasteiger partial charge is 0.328 e. The number of rotatable bonds is 9. The van der Waals surface area contributed by atoms with Crippen molar-refractivity contribution in [3.8, 4) is 0 Å². The fraction of sp³-hybridized carbons (Fsp3) is 0.440. The van der Waals surface area contributed by atoms with E-state index in [0.717, 1.165) is 54.8 Å². The van der Waals surface area contributed by atoms with Gasteiger partial charge in [-0.25, -0.2) is 13.4 Å². The first-order chi connectivity index (χ1) is 15.9. The maximum atomic E-state index is 13.0. The molecule has 3 aromatic rings. The van der Waals surface area contributed by atoms with Gasteiger partial charge in [0.25, 0.3) is 0 Å². The summed E-state index contributed by atoms with van der Waals surface area (Å²) in [7, 11) is -3.49. The van der Waals surface area contributed by atoms with Gasteiger partial charge < -0.3 is 9.88 Å². The number of unbranched alkanes of at least 4 members (excludes halogenated alkanes) is 1. The summed E-state index contributed by atoms with van der Waals surface area (Å²) in [6.07, 6.45) is 4.63. The summed E-state index contributed by atoms with van der Waals surface area (Å²) < 4.78 is 29.7. The summed E-state index contributed by atoms with van der Waals surface area (Å²) in [5.41, 5.74) is 3.46. The monoisotopic (exact) mass is 468 g/mol. The van der Waals surface area contributed by atoms with Crippen LogP contribution in [0, 0.1) is 6.92 Å². The fourth-order valence-electron chi connectivity index (χ4n) is 4.33. The highest BCUT2D eigenvalue weighted by molar-refractivity contribution is 7.89. The second kappa shape index (κ2) is 10.1. The topological polar surface area (TPSA) is 84.3 Å². The zero-order chi connectivity index (χ0) is 23.4. The molecule has 1 saturated heterocycles. The molecule has 33 heavy (non-hydrogen) atoms. The number of hydrogen-bond donors (Lipinski definition) is 1. The van der Waals surface area contributed by atoms with E-state index in [2.05, 4.69) is 16.8 Å². The predicted molar refractivity (Wildman–Crippen MR) is 131 cm³/mol. The first-order valence-corrected chi connectivity index (χ1v) is 13.2. The third kappa shape index (κ3) is 5.28. The second-order valence-corrected chi connectivity index (χ2v) is 10.7. The molecule has 1 aliphatic heterocycles. The quantitative estimate of drug-likeness (QED) is 0.501. The predicted octanol–water partition coefficient (Wildman–Crippen LogP) is 4.50. The van der Waals surface area contributed by atoms with E-state index >= 15 is 0 Å². The number of carbonyl (C=O) groups excluding carboxylic acids is 1. The van der Waals surface area contributed by atoms with Crippen molar-refractivity contribution < 1.29 is 13.2 Å². The van der Waals surface area contributed by atoms with Gasteiger partial charge in [-0.1, -0.05) is 25.5 Å². The molecule has 1 aliphatic rings. The van der Waals surface area contributed by atoms with Crippen LogP contribution in [0.2, 0.25) is 0 Å². The van der Waals surface area contributed by atoms with E-state index < -0.39 is 10.0 Å². The lowest BCUT2D eigenvalue weighted by molar-refractivity contribution is -0.116. The van der Waals surface area contributed by atoms with Crippen LogP contribution in [-0.2, 0) is 27.8 Å². The molecule has 4 rings (SSSR count). The molecule has 0 saturated carbocycles. The number of sulfonamides is 1. The van der Waals surface area contributed by atoms with Crippen LogP contribution in [0.4, 0.5) is 5.69 Å². The highest BCUT2D eigenvalue weighted by atomic mass is 32.2. The van der Waals surface area contributed by atoms with Crippen LogP contribution in [-0.4, -0.2) is 41.3 Å². The molecular weight excluding hydrogens is 436 g/mol. The van der Waals surface area contributed by atoms with Crippen molar-refractivity contribution in [3.63, 3.8) is 0 Å². The summed E-state index contributed by atoms with van der Waals surface area (Å²) in [6, 6.07) is 13.0. The van der Waals surface area contributed by atoms with Gasteiger partial charge in [0.1, 0.15) is 5.82 Å². The van der Waals surface area contributed by atoms with E-state index in [-0.39, 0.29) is 5.91 Å². The molecule has 0 bridgehead atoms. The highest BCUT2D eigenvalue weighted by Gasteiger charge is 2.28. The summed E-state index contributed by atoms with van der Waals surface area (Å²) in [4.78, 5) is 17.6. The molecule has 176 valence electrons. The lowest BCUT2D eigenvalue weighted by Gasteiger charge is -2.15. The molecule has 8 heteroatoms. The molecule has 1 amide bonds. The third-order valence-electron chi connectivity index (χ3n) is 6.11. The van der Waals surface area contributed by atoms with E-state index in [0.29, 0.717) is 36.3 Å². The molecule has 7 nitrogen and oxygen atoms in total. The Morgan fingerprint density at radius 3 is 2.64 bits per heavy atom. The van der Waals surface area contributed by atoms with Gasteiger partial charge in [-0.05, 0) is 62.1 Å². The minimum atomic E-state index is -3.49. The van der Waals surface area contributed by atoms with Gasteiger partial charge in [0.15, 0.2) is 0 Å². The number of amides is 1. The van der Waals surface area contributed by atoms with Gasteiger partial charge in [-0.2, -0.15) is 4.31 Å². The number of benzene rings is 2. The minimum Gasteiger partial charge on any atom is -0.328 e. The summed E-state index contributed by atoms with van der Waals surface area (Å²) in [6.45, 7) is 6.07. The Hall–Kier alpha value is -2.71. The molecule has 0 aliphatic carbocycles. The van der Waals surface area contributed by atoms with Crippen LogP contribution < -0.4 is 5.32 Å². The Morgan fingerprint density at radius 2 is 1.91 bits per heavy atom. The average molecular weight is 469 g/mol. The molecular formula is C25H32N4O3S. The van der Waals surface area contributed by atoms with Crippen LogP contribution in [0.3, 0.4) is 0 Å². The lowest BCUT2D eigenvalue weighted by Crippen LogP contribution is -2.27. The van der Waals surface area contributed by atoms with Crippen molar-refractivity contribution in [2.24, 2.45) is 0 Å². The SMILES string of the molecule is CCCCn1c(CCC(=O)Nc2cccc(C)c2)nc2cc(S(=O)(=O)N3CCCC3)ccc21. The number of imidazole rings is 1. The zero-order valence-electron chi connectivity index (χ0n) is 19.4. The van der Waals surface area contributed by atoms with Crippen LogP contribution in [0.15, 0.2) is 47.4 Å². The highest BCUT2D eigenvalue weighted by Crippen LogP contribution is 2.26. The fourth-order valence-corrected chi connectivity index (χ4v) is 5.86. The second-order valence-electron chi connectivity index (χ2n) is 8.71. The van der Waals surface area contributed by atoms with Crippen molar-refractivity contribution in [1.29, 1.82) is 0 Å². The van der Waals surface area contributed by atoms with Crippen molar-refractivity contribution in [1.82, 2.24) is 13.9 Å². The number of nitrogens with one attached hydrogen (secondary N) is 1. The van der Waals surface area contributed by atoms with Crippen molar-refractivity contribution in [3.05, 3.63) is 53.9 Å². The molecule has 1 fully saturated rings. The first kappa shape index (κ1) is 23.4. The molecule has 0 spiro atoms. The maximum absolute atomic E-state index is 13.0. The van der Waals surface area contributed by atoms with E-state index in [9.17, 15) is 13.2 Å². The Bertz CT molecular complexity index is 1240. The molecule has 0 radical (unpaired) electrons. The number of hydrogen-bond acceptors (Lipinski definition) is 4. The van der Waals surface area contributed by atoms with E-state index in [1.807, 2.05) is 37.3 Å². The summed E-state index contributed by atoms with van der Waals surface area (Å²) in [5, 5.41) is 2.95. The average Bonchev–Trinajstić information content (AvgIpc) is 3.44. The Kier molecular flexibility index (Phi) is 7.14. The van der Waals surface area contributed by atoms with Gasteiger partial charge >= 0.3 is 0 Å². The number of anilines is 1. The summed E-state index contributed by atoms with van der Waals surface area (Å²) in [5.74, 6) is 0.751. The number of fused-ring (bicyclic) bond motifs is 1. The van der Waals surface area contributed by atoms with Gasteiger partial charge in [-0.15, -0.1) is 0 Å². The molecule has 1 N–H and O–H groups in total. The third-order valence-corrected chi connectivity index (χ3v) is 8.01.